The zero-order chi connectivity index (χ0) is 25.9. The molecule has 2 amide bonds. The lowest BCUT2D eigenvalue weighted by molar-refractivity contribution is -0.145. The van der Waals surface area contributed by atoms with E-state index in [1.54, 1.807) is 13.8 Å². The smallest absolute Gasteiger partial charge is 0.408 e. The van der Waals surface area contributed by atoms with Gasteiger partial charge >= 0.3 is 12.1 Å². The molecule has 0 unspecified atom stereocenters. The second-order valence-electron chi connectivity index (χ2n) is 8.74. The summed E-state index contributed by atoms with van der Waals surface area (Å²) in [4.78, 5) is 38.8. The Morgan fingerprint density at radius 3 is 1.69 bits per heavy atom. The van der Waals surface area contributed by atoms with Crippen LogP contribution in [-0.4, -0.2) is 37.2 Å². The van der Waals surface area contributed by atoms with Crippen molar-refractivity contribution in [2.45, 2.75) is 38.5 Å². The fourth-order valence-corrected chi connectivity index (χ4v) is 3.97. The fourth-order valence-electron chi connectivity index (χ4n) is 3.97. The number of methoxy groups -OCH3 is 1. The van der Waals surface area contributed by atoms with E-state index in [-0.39, 0.29) is 12.5 Å². The van der Waals surface area contributed by atoms with E-state index in [2.05, 4.69) is 10.6 Å². The van der Waals surface area contributed by atoms with Gasteiger partial charge in [-0.25, -0.2) is 9.59 Å². The Hall–Kier alpha value is -4.13. The molecular formula is C29H32N2O5. The summed E-state index contributed by atoms with van der Waals surface area (Å²) in [6.07, 6.45) is -0.718. The van der Waals surface area contributed by atoms with Crippen LogP contribution in [0.5, 0.6) is 0 Å². The number of nitrogens with one attached hydrogen (secondary N) is 2. The van der Waals surface area contributed by atoms with E-state index in [1.165, 1.54) is 7.11 Å². The highest BCUT2D eigenvalue weighted by Crippen LogP contribution is 2.29. The molecule has 0 heterocycles. The van der Waals surface area contributed by atoms with E-state index < -0.39 is 36.0 Å². The number of hydrogen-bond donors (Lipinski definition) is 2. The standard InChI is InChI=1S/C29H32N2O5/c1-20(2)25(31-29(34)36-19-21-13-7-4-8-14-21)27(32)30-26(28(33)35-3)24(22-15-9-5-10-16-22)23-17-11-6-12-18-23/h4-18,20,24-26H,19H2,1-3H3,(H,30,32)(H,31,34)/t25-,26-/m0/s1. The molecule has 7 nitrogen and oxygen atoms in total. The second-order valence-corrected chi connectivity index (χ2v) is 8.74. The van der Waals surface area contributed by atoms with Crippen molar-refractivity contribution in [1.82, 2.24) is 10.6 Å². The molecule has 0 radical (unpaired) electrons. The van der Waals surface area contributed by atoms with Crippen molar-refractivity contribution >= 4 is 18.0 Å². The van der Waals surface area contributed by atoms with Gasteiger partial charge in [-0.3, -0.25) is 4.79 Å². The molecule has 0 fully saturated rings. The Morgan fingerprint density at radius 1 is 0.722 bits per heavy atom. The molecule has 0 saturated carbocycles. The molecule has 0 aliphatic carbocycles. The highest BCUT2D eigenvalue weighted by Gasteiger charge is 2.36. The van der Waals surface area contributed by atoms with Crippen LogP contribution in [0.1, 0.15) is 36.5 Å². The maximum atomic E-state index is 13.4. The molecule has 0 spiro atoms. The highest BCUT2D eigenvalue weighted by atomic mass is 16.5. The maximum absolute atomic E-state index is 13.4. The first-order chi connectivity index (χ1) is 17.4. The summed E-state index contributed by atoms with van der Waals surface area (Å²) in [6.45, 7) is 3.69. The topological polar surface area (TPSA) is 93.7 Å². The van der Waals surface area contributed by atoms with E-state index in [0.717, 1.165) is 16.7 Å². The summed E-state index contributed by atoms with van der Waals surface area (Å²) in [5.74, 6) is -1.86. The number of rotatable bonds is 10. The lowest BCUT2D eigenvalue weighted by Crippen LogP contribution is -2.55. The Kier molecular flexibility index (Phi) is 9.63. The number of carbonyl (C=O) groups excluding carboxylic acids is 3. The molecule has 0 aliphatic rings. The van der Waals surface area contributed by atoms with Crippen LogP contribution in [0.4, 0.5) is 4.79 Å². The number of ether oxygens (including phenoxy) is 2. The number of carbonyl (C=O) groups is 3. The molecule has 0 aliphatic heterocycles. The van der Waals surface area contributed by atoms with Gasteiger partial charge in [0.25, 0.3) is 0 Å². The molecule has 7 heteroatoms. The molecule has 36 heavy (non-hydrogen) atoms. The Morgan fingerprint density at radius 2 is 1.22 bits per heavy atom. The van der Waals surface area contributed by atoms with Crippen LogP contribution in [0.2, 0.25) is 0 Å². The van der Waals surface area contributed by atoms with Crippen LogP contribution in [0.15, 0.2) is 91.0 Å². The largest absolute Gasteiger partial charge is 0.467 e. The summed E-state index contributed by atoms with van der Waals surface area (Å²) >= 11 is 0. The monoisotopic (exact) mass is 488 g/mol. The number of amides is 2. The minimum atomic E-state index is -1.02. The number of alkyl carbamates (subject to hydrolysis) is 1. The van der Waals surface area contributed by atoms with Crippen molar-refractivity contribution < 1.29 is 23.9 Å². The van der Waals surface area contributed by atoms with Crippen molar-refractivity contribution in [2.24, 2.45) is 5.92 Å². The summed E-state index contributed by atoms with van der Waals surface area (Å²) in [5, 5.41) is 5.48. The Balaban J connectivity index is 1.81. The quantitative estimate of drug-likeness (QED) is 0.412. The molecule has 188 valence electrons. The minimum absolute atomic E-state index is 0.0774. The lowest BCUT2D eigenvalue weighted by atomic mass is 9.84. The van der Waals surface area contributed by atoms with Gasteiger partial charge < -0.3 is 20.1 Å². The zero-order valence-corrected chi connectivity index (χ0v) is 20.7. The molecule has 3 aromatic rings. The van der Waals surface area contributed by atoms with Gasteiger partial charge in [0.2, 0.25) is 5.91 Å². The first-order valence-corrected chi connectivity index (χ1v) is 11.9. The van der Waals surface area contributed by atoms with Crippen molar-refractivity contribution in [3.05, 3.63) is 108 Å². The molecule has 0 aromatic heterocycles. The van der Waals surface area contributed by atoms with Gasteiger partial charge in [-0.15, -0.1) is 0 Å². The maximum Gasteiger partial charge on any atom is 0.408 e. The van der Waals surface area contributed by atoms with Crippen molar-refractivity contribution in [3.63, 3.8) is 0 Å². The molecule has 3 rings (SSSR count). The van der Waals surface area contributed by atoms with Gasteiger partial charge in [0.15, 0.2) is 0 Å². The highest BCUT2D eigenvalue weighted by molar-refractivity contribution is 5.90. The average Bonchev–Trinajstić information content (AvgIpc) is 2.91. The predicted octanol–water partition coefficient (Wildman–Crippen LogP) is 4.43. The Bertz CT molecular complexity index is 1080. The van der Waals surface area contributed by atoms with E-state index in [9.17, 15) is 14.4 Å². The number of hydrogen-bond acceptors (Lipinski definition) is 5. The fraction of sp³-hybridized carbons (Fsp3) is 0.276. The van der Waals surface area contributed by atoms with E-state index >= 15 is 0 Å². The number of esters is 1. The van der Waals surface area contributed by atoms with Crippen LogP contribution >= 0.6 is 0 Å². The van der Waals surface area contributed by atoms with Crippen LogP contribution in [0.25, 0.3) is 0 Å². The lowest BCUT2D eigenvalue weighted by Gasteiger charge is -2.29. The van der Waals surface area contributed by atoms with Gasteiger partial charge in [0.05, 0.1) is 7.11 Å². The zero-order valence-electron chi connectivity index (χ0n) is 20.7. The molecule has 2 atom stereocenters. The van der Waals surface area contributed by atoms with Gasteiger partial charge in [0.1, 0.15) is 18.7 Å². The summed E-state index contributed by atoms with van der Waals surface area (Å²) < 4.78 is 10.4. The molecule has 3 aromatic carbocycles. The first kappa shape index (κ1) is 26.5. The van der Waals surface area contributed by atoms with Crippen LogP contribution < -0.4 is 10.6 Å². The van der Waals surface area contributed by atoms with Crippen LogP contribution in [-0.2, 0) is 25.7 Å². The average molecular weight is 489 g/mol. The van der Waals surface area contributed by atoms with Crippen molar-refractivity contribution in [2.75, 3.05) is 7.11 Å². The third-order valence-corrected chi connectivity index (χ3v) is 5.84. The summed E-state index contributed by atoms with van der Waals surface area (Å²) in [5.41, 5.74) is 2.52. The van der Waals surface area contributed by atoms with Crippen LogP contribution in [0, 0.1) is 5.92 Å². The third kappa shape index (κ3) is 7.18. The van der Waals surface area contributed by atoms with E-state index in [4.69, 9.17) is 9.47 Å². The first-order valence-electron chi connectivity index (χ1n) is 11.9. The van der Waals surface area contributed by atoms with E-state index in [0.29, 0.717) is 0 Å². The normalized spacial score (nSPS) is 12.5. The predicted molar refractivity (Wildman–Crippen MR) is 137 cm³/mol. The molecule has 0 saturated heterocycles. The van der Waals surface area contributed by atoms with Crippen molar-refractivity contribution in [3.8, 4) is 0 Å². The van der Waals surface area contributed by atoms with Gasteiger partial charge in [0, 0.05) is 5.92 Å². The van der Waals surface area contributed by atoms with Gasteiger partial charge in [-0.05, 0) is 22.6 Å². The van der Waals surface area contributed by atoms with Gasteiger partial charge in [-0.1, -0.05) is 105 Å². The molecular weight excluding hydrogens is 456 g/mol. The minimum Gasteiger partial charge on any atom is -0.467 e. The summed E-state index contributed by atoms with van der Waals surface area (Å²) in [6, 6.07) is 26.2. The summed E-state index contributed by atoms with van der Waals surface area (Å²) in [7, 11) is 1.29. The van der Waals surface area contributed by atoms with Crippen molar-refractivity contribution in [1.29, 1.82) is 0 Å². The number of benzene rings is 3. The van der Waals surface area contributed by atoms with E-state index in [1.807, 2.05) is 91.0 Å². The Labute approximate surface area is 211 Å². The molecule has 0 bridgehead atoms. The van der Waals surface area contributed by atoms with Crippen LogP contribution in [0.3, 0.4) is 0 Å². The molecule has 2 N–H and O–H groups in total. The third-order valence-electron chi connectivity index (χ3n) is 5.84. The van der Waals surface area contributed by atoms with Gasteiger partial charge in [-0.2, -0.15) is 0 Å². The SMILES string of the molecule is COC(=O)[C@@H](NC(=O)[C@@H](NC(=O)OCc1ccccc1)C(C)C)C(c1ccccc1)c1ccccc1. The second kappa shape index (κ2) is 13.1.